The van der Waals surface area contributed by atoms with E-state index >= 15 is 0 Å². The minimum Gasteiger partial charge on any atom is -0.375 e. The molecule has 0 aliphatic heterocycles. The fourth-order valence-electron chi connectivity index (χ4n) is 1.51. The van der Waals surface area contributed by atoms with Gasteiger partial charge < -0.3 is 10.1 Å². The van der Waals surface area contributed by atoms with E-state index in [1.165, 1.54) is 18.2 Å². The lowest BCUT2D eigenvalue weighted by Crippen LogP contribution is -2.27. The first-order chi connectivity index (χ1) is 9.71. The first kappa shape index (κ1) is 17.7. The van der Waals surface area contributed by atoms with Gasteiger partial charge in [-0.3, -0.25) is 4.79 Å². The van der Waals surface area contributed by atoms with E-state index in [9.17, 15) is 13.2 Å². The van der Waals surface area contributed by atoms with Crippen LogP contribution in [0.1, 0.15) is 17.3 Å². The molecule has 1 N–H and O–H groups in total. The molecule has 0 atom stereocenters. The van der Waals surface area contributed by atoms with E-state index in [2.05, 4.69) is 11.9 Å². The number of carbonyl (C=O) groups is 1. The molecular weight excluding hydrogens is 314 g/mol. The molecule has 0 fully saturated rings. The van der Waals surface area contributed by atoms with Crippen molar-refractivity contribution in [2.24, 2.45) is 0 Å². The van der Waals surface area contributed by atoms with Crippen molar-refractivity contribution in [2.75, 3.05) is 26.0 Å². The van der Waals surface area contributed by atoms with Crippen molar-refractivity contribution in [3.63, 3.8) is 0 Å². The van der Waals surface area contributed by atoms with Crippen molar-refractivity contribution in [3.8, 4) is 0 Å². The quantitative estimate of drug-likeness (QED) is 0.613. The van der Waals surface area contributed by atoms with Crippen LogP contribution >= 0.6 is 11.6 Å². The third-order valence-electron chi connectivity index (χ3n) is 2.47. The molecule has 21 heavy (non-hydrogen) atoms. The molecule has 0 aliphatic rings. The molecule has 0 unspecified atom stereocenters. The first-order valence-electron chi connectivity index (χ1n) is 6.21. The molecule has 1 rings (SSSR count). The number of hydrogen-bond acceptors (Lipinski definition) is 4. The molecule has 116 valence electrons. The predicted molar refractivity (Wildman–Crippen MR) is 82.5 cm³/mol. The SMILES string of the molecule is C=C(C)COCCNC(=O)c1ccc(Cl)c(S(C)(=O)=O)c1. The summed E-state index contributed by atoms with van der Waals surface area (Å²) in [6, 6.07) is 4.13. The van der Waals surface area contributed by atoms with Crippen LogP contribution in [-0.2, 0) is 14.6 Å². The van der Waals surface area contributed by atoms with Crippen LogP contribution in [0.25, 0.3) is 0 Å². The zero-order valence-corrected chi connectivity index (χ0v) is 13.6. The molecule has 1 amide bonds. The van der Waals surface area contributed by atoms with Crippen molar-refractivity contribution in [2.45, 2.75) is 11.8 Å². The van der Waals surface area contributed by atoms with E-state index in [0.717, 1.165) is 11.8 Å². The van der Waals surface area contributed by atoms with Gasteiger partial charge in [0.05, 0.1) is 23.1 Å². The number of hydrogen-bond donors (Lipinski definition) is 1. The molecule has 0 radical (unpaired) electrons. The number of ether oxygens (including phenoxy) is 1. The minimum absolute atomic E-state index is 0.0599. The summed E-state index contributed by atoms with van der Waals surface area (Å²) in [6.07, 6.45) is 1.04. The molecule has 0 saturated carbocycles. The molecule has 0 spiro atoms. The smallest absolute Gasteiger partial charge is 0.251 e. The lowest BCUT2D eigenvalue weighted by molar-refractivity contribution is 0.0926. The van der Waals surface area contributed by atoms with Crippen LogP contribution in [0.15, 0.2) is 35.2 Å². The Hall–Kier alpha value is -1.37. The molecule has 0 aliphatic carbocycles. The second kappa shape index (κ2) is 7.59. The topological polar surface area (TPSA) is 72.5 Å². The highest BCUT2D eigenvalue weighted by Crippen LogP contribution is 2.22. The molecule has 1 aromatic carbocycles. The monoisotopic (exact) mass is 331 g/mol. The van der Waals surface area contributed by atoms with Crippen molar-refractivity contribution in [1.29, 1.82) is 0 Å². The average molecular weight is 332 g/mol. The van der Waals surface area contributed by atoms with Crippen molar-refractivity contribution >= 4 is 27.3 Å². The van der Waals surface area contributed by atoms with Crippen LogP contribution in [0.5, 0.6) is 0 Å². The summed E-state index contributed by atoms with van der Waals surface area (Å²) in [5.74, 6) is -0.379. The molecule has 0 bridgehead atoms. The number of halogens is 1. The second-order valence-corrected chi connectivity index (χ2v) is 7.07. The lowest BCUT2D eigenvalue weighted by Gasteiger charge is -2.08. The van der Waals surface area contributed by atoms with Gasteiger partial charge >= 0.3 is 0 Å². The summed E-state index contributed by atoms with van der Waals surface area (Å²) in [4.78, 5) is 11.9. The van der Waals surface area contributed by atoms with Crippen LogP contribution < -0.4 is 5.32 Å². The molecule has 1 aromatic rings. The van der Waals surface area contributed by atoms with Gasteiger partial charge in [-0.25, -0.2) is 8.42 Å². The first-order valence-corrected chi connectivity index (χ1v) is 8.48. The summed E-state index contributed by atoms with van der Waals surface area (Å²) < 4.78 is 28.3. The maximum atomic E-state index is 11.9. The van der Waals surface area contributed by atoms with Gasteiger partial charge in [0.1, 0.15) is 0 Å². The number of carbonyl (C=O) groups excluding carboxylic acids is 1. The Morgan fingerprint density at radius 1 is 1.43 bits per heavy atom. The normalized spacial score (nSPS) is 11.2. The Balaban J connectivity index is 2.65. The van der Waals surface area contributed by atoms with Crippen molar-refractivity contribution in [3.05, 3.63) is 40.9 Å². The summed E-state index contributed by atoms with van der Waals surface area (Å²) in [5, 5.41) is 2.74. The Labute approximate surface area is 129 Å². The molecule has 0 saturated heterocycles. The van der Waals surface area contributed by atoms with E-state index in [1.54, 1.807) is 0 Å². The fourth-order valence-corrected chi connectivity index (χ4v) is 2.82. The maximum Gasteiger partial charge on any atom is 0.251 e. The van der Waals surface area contributed by atoms with E-state index < -0.39 is 9.84 Å². The summed E-state index contributed by atoms with van der Waals surface area (Å²) in [7, 11) is -3.47. The van der Waals surface area contributed by atoms with Gasteiger partial charge in [0, 0.05) is 18.4 Å². The van der Waals surface area contributed by atoms with Gasteiger partial charge in [0.2, 0.25) is 0 Å². The number of amides is 1. The second-order valence-electron chi connectivity index (χ2n) is 4.68. The molecule has 0 heterocycles. The van der Waals surface area contributed by atoms with E-state index in [0.29, 0.717) is 19.8 Å². The highest BCUT2D eigenvalue weighted by molar-refractivity contribution is 7.90. The van der Waals surface area contributed by atoms with Crippen molar-refractivity contribution < 1.29 is 17.9 Å². The Kier molecular flexibility index (Phi) is 6.39. The molecule has 0 aromatic heterocycles. The van der Waals surface area contributed by atoms with Gasteiger partial charge in [-0.05, 0) is 25.1 Å². The number of nitrogens with one attached hydrogen (secondary N) is 1. The Bertz CT molecular complexity index is 640. The van der Waals surface area contributed by atoms with Crippen molar-refractivity contribution in [1.82, 2.24) is 5.32 Å². The Morgan fingerprint density at radius 3 is 2.67 bits per heavy atom. The van der Waals surface area contributed by atoms with Gasteiger partial charge in [-0.1, -0.05) is 23.8 Å². The summed E-state index contributed by atoms with van der Waals surface area (Å²) in [5.41, 5.74) is 1.14. The van der Waals surface area contributed by atoms with E-state index in [4.69, 9.17) is 16.3 Å². The van der Waals surface area contributed by atoms with Gasteiger partial charge in [0.15, 0.2) is 9.84 Å². The zero-order valence-electron chi connectivity index (χ0n) is 12.0. The predicted octanol–water partition coefficient (Wildman–Crippen LogP) is 2.07. The van der Waals surface area contributed by atoms with Gasteiger partial charge in [0.25, 0.3) is 5.91 Å². The minimum atomic E-state index is -3.47. The highest BCUT2D eigenvalue weighted by Gasteiger charge is 2.15. The van der Waals surface area contributed by atoms with Gasteiger partial charge in [-0.2, -0.15) is 0 Å². The third-order valence-corrected chi connectivity index (χ3v) is 4.05. The van der Waals surface area contributed by atoms with Crippen LogP contribution in [-0.4, -0.2) is 40.3 Å². The highest BCUT2D eigenvalue weighted by atomic mass is 35.5. The number of benzene rings is 1. The fraction of sp³-hybridized carbons (Fsp3) is 0.357. The maximum absolute atomic E-state index is 11.9. The van der Waals surface area contributed by atoms with Crippen LogP contribution in [0.4, 0.5) is 0 Å². The van der Waals surface area contributed by atoms with E-state index in [1.807, 2.05) is 6.92 Å². The van der Waals surface area contributed by atoms with Gasteiger partial charge in [-0.15, -0.1) is 0 Å². The van der Waals surface area contributed by atoms with Crippen LogP contribution in [0.2, 0.25) is 5.02 Å². The van der Waals surface area contributed by atoms with Crippen LogP contribution in [0.3, 0.4) is 0 Å². The largest absolute Gasteiger partial charge is 0.375 e. The summed E-state index contributed by atoms with van der Waals surface area (Å²) >= 11 is 5.82. The number of sulfone groups is 1. The Morgan fingerprint density at radius 2 is 2.10 bits per heavy atom. The zero-order chi connectivity index (χ0) is 16.0. The lowest BCUT2D eigenvalue weighted by atomic mass is 10.2. The van der Waals surface area contributed by atoms with E-state index in [-0.39, 0.29) is 21.4 Å². The molecule has 7 heteroatoms. The number of rotatable bonds is 7. The summed E-state index contributed by atoms with van der Waals surface area (Å²) in [6.45, 7) is 6.66. The average Bonchev–Trinajstić information content (AvgIpc) is 2.36. The van der Waals surface area contributed by atoms with Crippen LogP contribution in [0, 0.1) is 0 Å². The third kappa shape index (κ3) is 5.87. The molecule has 5 nitrogen and oxygen atoms in total. The molecular formula is C14H18ClNO4S. The standard InChI is InChI=1S/C14H18ClNO4S/c1-10(2)9-20-7-6-16-14(17)11-4-5-12(15)13(8-11)21(3,18)19/h4-5,8H,1,6-7,9H2,2-3H3,(H,16,17).